The lowest BCUT2D eigenvalue weighted by Crippen LogP contribution is -2.55. The number of hydrogen-bond donors (Lipinski definition) is 1. The molecule has 1 amide bonds. The summed E-state index contributed by atoms with van der Waals surface area (Å²) >= 11 is 0. The molecule has 0 spiro atoms. The van der Waals surface area contributed by atoms with Crippen molar-refractivity contribution in [3.63, 3.8) is 0 Å². The van der Waals surface area contributed by atoms with E-state index in [9.17, 15) is 4.79 Å². The number of amides is 1. The van der Waals surface area contributed by atoms with Gasteiger partial charge in [-0.25, -0.2) is 0 Å². The number of hydrogen-bond acceptors (Lipinski definition) is 4. The van der Waals surface area contributed by atoms with E-state index in [4.69, 9.17) is 9.73 Å². The summed E-state index contributed by atoms with van der Waals surface area (Å²) in [7, 11) is 4.37. The van der Waals surface area contributed by atoms with Crippen LogP contribution >= 0.6 is 0 Å². The average molecular weight is 380 g/mol. The molecule has 7 heteroatoms. The van der Waals surface area contributed by atoms with Gasteiger partial charge in [-0.1, -0.05) is 12.8 Å². The molecule has 1 aliphatic carbocycles. The maximum Gasteiger partial charge on any atom is 0.251 e. The monoisotopic (exact) mass is 379 g/mol. The minimum absolute atomic E-state index is 0.173. The zero-order valence-corrected chi connectivity index (χ0v) is 17.4. The van der Waals surface area contributed by atoms with Crippen LogP contribution in [0.5, 0.6) is 0 Å². The Morgan fingerprint density at radius 2 is 1.81 bits per heavy atom. The number of guanidine groups is 1. The summed E-state index contributed by atoms with van der Waals surface area (Å²) in [5, 5.41) is 3.46. The fourth-order valence-electron chi connectivity index (χ4n) is 4.54. The minimum atomic E-state index is -0.208. The van der Waals surface area contributed by atoms with Crippen LogP contribution in [-0.2, 0) is 9.53 Å². The largest absolute Gasteiger partial charge is 0.368 e. The maximum atomic E-state index is 12.6. The van der Waals surface area contributed by atoms with E-state index in [2.05, 4.69) is 36.1 Å². The Kier molecular flexibility index (Phi) is 6.98. The number of carbonyl (C=O) groups excluding carboxylic acids is 1. The SMILES string of the molecule is CCNC(=NCC1(N(C)C)CCCC1)N1CCN(C(=O)C2CCCO2)CC1. The van der Waals surface area contributed by atoms with Crippen molar-refractivity contribution in [3.05, 3.63) is 0 Å². The van der Waals surface area contributed by atoms with Gasteiger partial charge in [0.15, 0.2) is 5.96 Å². The third-order valence-electron chi connectivity index (χ3n) is 6.44. The van der Waals surface area contributed by atoms with Crippen molar-refractivity contribution < 1.29 is 9.53 Å². The van der Waals surface area contributed by atoms with E-state index >= 15 is 0 Å². The summed E-state index contributed by atoms with van der Waals surface area (Å²) in [6.07, 6.45) is 6.72. The molecular formula is C20H37N5O2. The van der Waals surface area contributed by atoms with Gasteiger partial charge >= 0.3 is 0 Å². The normalized spacial score (nSPS) is 26.1. The van der Waals surface area contributed by atoms with Crippen LogP contribution in [0.4, 0.5) is 0 Å². The topological polar surface area (TPSA) is 60.4 Å². The Labute approximate surface area is 164 Å². The summed E-state index contributed by atoms with van der Waals surface area (Å²) in [6.45, 7) is 7.72. The number of nitrogens with zero attached hydrogens (tertiary/aromatic N) is 4. The van der Waals surface area contributed by atoms with Crippen molar-refractivity contribution in [3.8, 4) is 0 Å². The van der Waals surface area contributed by atoms with Gasteiger partial charge in [0.2, 0.25) is 0 Å². The van der Waals surface area contributed by atoms with Crippen LogP contribution in [0.3, 0.4) is 0 Å². The van der Waals surface area contributed by atoms with E-state index in [1.807, 2.05) is 4.90 Å². The van der Waals surface area contributed by atoms with Crippen molar-refractivity contribution in [1.29, 1.82) is 0 Å². The lowest BCUT2D eigenvalue weighted by molar-refractivity contribution is -0.142. The molecule has 0 aromatic carbocycles. The van der Waals surface area contributed by atoms with Gasteiger partial charge < -0.3 is 24.8 Å². The number of ether oxygens (including phenoxy) is 1. The summed E-state index contributed by atoms with van der Waals surface area (Å²) in [6, 6.07) is 0. The molecule has 3 rings (SSSR count). The Bertz CT molecular complexity index is 516. The highest BCUT2D eigenvalue weighted by Gasteiger charge is 2.36. The fourth-order valence-corrected chi connectivity index (χ4v) is 4.54. The minimum Gasteiger partial charge on any atom is -0.368 e. The molecule has 0 aromatic heterocycles. The van der Waals surface area contributed by atoms with Gasteiger partial charge in [-0.05, 0) is 46.7 Å². The maximum absolute atomic E-state index is 12.6. The molecule has 1 unspecified atom stereocenters. The van der Waals surface area contributed by atoms with Crippen LogP contribution in [0.15, 0.2) is 4.99 Å². The van der Waals surface area contributed by atoms with Crippen LogP contribution in [0, 0.1) is 0 Å². The van der Waals surface area contributed by atoms with Gasteiger partial charge in [-0.2, -0.15) is 0 Å². The molecular weight excluding hydrogens is 342 g/mol. The van der Waals surface area contributed by atoms with E-state index in [1.165, 1.54) is 25.7 Å². The highest BCUT2D eigenvalue weighted by molar-refractivity contribution is 5.82. The van der Waals surface area contributed by atoms with Crippen molar-refractivity contribution in [2.45, 2.75) is 57.1 Å². The lowest BCUT2D eigenvalue weighted by atomic mass is 9.96. The van der Waals surface area contributed by atoms with E-state index < -0.39 is 0 Å². The average Bonchev–Trinajstić information content (AvgIpc) is 3.37. The Morgan fingerprint density at radius 3 is 2.37 bits per heavy atom. The number of likely N-dealkylation sites (N-methyl/N-ethyl adjacent to an activating group) is 1. The summed E-state index contributed by atoms with van der Waals surface area (Å²) in [5.41, 5.74) is 0.207. The fraction of sp³-hybridized carbons (Fsp3) is 0.900. The first-order chi connectivity index (χ1) is 13.1. The van der Waals surface area contributed by atoms with Crippen molar-refractivity contribution >= 4 is 11.9 Å². The standard InChI is InChI=1S/C20H37N5O2/c1-4-21-19(22-16-20(23(2)3)9-5-6-10-20)25-13-11-24(12-14-25)18(26)17-8-7-15-27-17/h17H,4-16H2,1-3H3,(H,21,22). The van der Waals surface area contributed by atoms with Crippen LogP contribution in [-0.4, -0.2) is 98.2 Å². The highest BCUT2D eigenvalue weighted by Crippen LogP contribution is 2.34. The van der Waals surface area contributed by atoms with Gasteiger partial charge in [0, 0.05) is 44.9 Å². The third-order valence-corrected chi connectivity index (χ3v) is 6.44. The molecule has 2 aliphatic heterocycles. The number of rotatable bonds is 5. The van der Waals surface area contributed by atoms with E-state index in [1.54, 1.807) is 0 Å². The zero-order valence-electron chi connectivity index (χ0n) is 17.4. The van der Waals surface area contributed by atoms with Gasteiger partial charge in [0.1, 0.15) is 6.10 Å². The van der Waals surface area contributed by atoms with Crippen LogP contribution in [0.25, 0.3) is 0 Å². The Balaban J connectivity index is 1.58. The molecule has 0 aromatic rings. The van der Waals surface area contributed by atoms with E-state index in [0.717, 1.165) is 64.7 Å². The Hall–Kier alpha value is -1.34. The molecule has 3 aliphatic rings. The molecule has 0 radical (unpaired) electrons. The molecule has 1 N–H and O–H groups in total. The molecule has 1 saturated carbocycles. The predicted molar refractivity (Wildman–Crippen MR) is 108 cm³/mol. The number of carbonyl (C=O) groups is 1. The van der Waals surface area contributed by atoms with Crippen LogP contribution in [0.2, 0.25) is 0 Å². The second-order valence-electron chi connectivity index (χ2n) is 8.31. The van der Waals surface area contributed by atoms with Gasteiger partial charge in [-0.15, -0.1) is 0 Å². The summed E-state index contributed by atoms with van der Waals surface area (Å²) in [5.74, 6) is 1.17. The molecule has 0 bridgehead atoms. The second-order valence-corrected chi connectivity index (χ2v) is 8.31. The molecule has 1 atom stereocenters. The molecule has 2 saturated heterocycles. The lowest BCUT2D eigenvalue weighted by Gasteiger charge is -2.38. The van der Waals surface area contributed by atoms with Crippen LogP contribution in [0.1, 0.15) is 45.4 Å². The Morgan fingerprint density at radius 1 is 1.15 bits per heavy atom. The second kappa shape index (κ2) is 9.24. The number of aliphatic imine (C=N–C) groups is 1. The van der Waals surface area contributed by atoms with Gasteiger partial charge in [-0.3, -0.25) is 9.79 Å². The third kappa shape index (κ3) is 4.74. The van der Waals surface area contributed by atoms with Gasteiger partial charge in [0.25, 0.3) is 5.91 Å². The first-order valence-electron chi connectivity index (χ1n) is 10.7. The number of nitrogens with one attached hydrogen (secondary N) is 1. The van der Waals surface area contributed by atoms with E-state index in [-0.39, 0.29) is 17.6 Å². The van der Waals surface area contributed by atoms with Gasteiger partial charge in [0.05, 0.1) is 6.54 Å². The van der Waals surface area contributed by atoms with Crippen molar-refractivity contribution in [1.82, 2.24) is 20.0 Å². The highest BCUT2D eigenvalue weighted by atomic mass is 16.5. The van der Waals surface area contributed by atoms with Crippen molar-refractivity contribution in [2.75, 3.05) is 60.0 Å². The quantitative estimate of drug-likeness (QED) is 0.574. The summed E-state index contributed by atoms with van der Waals surface area (Å²) < 4.78 is 5.56. The van der Waals surface area contributed by atoms with Crippen molar-refractivity contribution in [2.24, 2.45) is 4.99 Å². The molecule has 2 heterocycles. The molecule has 27 heavy (non-hydrogen) atoms. The first kappa shape index (κ1) is 20.4. The summed E-state index contributed by atoms with van der Waals surface area (Å²) in [4.78, 5) is 24.2. The van der Waals surface area contributed by atoms with Crippen LogP contribution < -0.4 is 5.32 Å². The molecule has 154 valence electrons. The first-order valence-corrected chi connectivity index (χ1v) is 10.7. The molecule has 7 nitrogen and oxygen atoms in total. The number of piperazine rings is 1. The smallest absolute Gasteiger partial charge is 0.251 e. The van der Waals surface area contributed by atoms with E-state index in [0.29, 0.717) is 0 Å². The molecule has 3 fully saturated rings. The zero-order chi connectivity index (χ0) is 19.3. The predicted octanol–water partition coefficient (Wildman–Crippen LogP) is 1.15.